The van der Waals surface area contributed by atoms with Crippen LogP contribution in [0.3, 0.4) is 0 Å². The van der Waals surface area contributed by atoms with Gasteiger partial charge in [0.2, 0.25) is 0 Å². The number of hydrogen-bond acceptors (Lipinski definition) is 6. The molecule has 0 rings (SSSR count). The molecule has 0 aliphatic carbocycles. The van der Waals surface area contributed by atoms with Crippen molar-refractivity contribution in [2.45, 2.75) is 0 Å². The zero-order chi connectivity index (χ0) is 7.71. The van der Waals surface area contributed by atoms with Crippen molar-refractivity contribution in [2.75, 3.05) is 5.90 Å². The third-order valence-electron chi connectivity index (χ3n) is 0.346. The Kier molecular flexibility index (Phi) is 14.0. The van der Waals surface area contributed by atoms with Crippen molar-refractivity contribution in [3.8, 4) is 0 Å². The molecule has 0 amide bonds. The average Bonchev–Trinajstić information content (AvgIpc) is 1.14. The summed E-state index contributed by atoms with van der Waals surface area (Å²) < 4.78 is 19.1. The molecular formula is CH8O8P2Tc+2. The van der Waals surface area contributed by atoms with E-state index in [9.17, 15) is 28.7 Å². The van der Waals surface area contributed by atoms with E-state index in [-0.39, 0.29) is 31.1 Å². The van der Waals surface area contributed by atoms with E-state index in [4.69, 9.17) is 0 Å². The molecule has 0 saturated heterocycles. The van der Waals surface area contributed by atoms with E-state index >= 15 is 0 Å². The van der Waals surface area contributed by atoms with Crippen LogP contribution in [0.5, 0.6) is 0 Å². The van der Waals surface area contributed by atoms with E-state index in [0.717, 1.165) is 0 Å². The molecule has 0 aromatic rings. The summed E-state index contributed by atoms with van der Waals surface area (Å²) in [6.45, 7) is 0. The monoisotopic (exact) mass is 309 g/mol. The zero-order valence-corrected chi connectivity index (χ0v) is 9.23. The van der Waals surface area contributed by atoms with Crippen molar-refractivity contribution in [3.63, 3.8) is 0 Å². The summed E-state index contributed by atoms with van der Waals surface area (Å²) in [6.07, 6.45) is 0. The van der Waals surface area contributed by atoms with Gasteiger partial charge in [-0.1, -0.05) is 15.2 Å². The Labute approximate surface area is 81.3 Å². The average molecular weight is 309 g/mol. The van der Waals surface area contributed by atoms with Gasteiger partial charge >= 0.3 is 20.1 Å². The molecule has 0 heterocycles. The Morgan fingerprint density at radius 2 is 1.00 bits per heavy atom. The predicted molar refractivity (Wildman–Crippen MR) is 29.8 cm³/mol. The fraction of sp³-hybridized carbons (Fsp3) is 1.00. The second-order valence-electron chi connectivity index (χ2n) is 1.36. The van der Waals surface area contributed by atoms with E-state index in [1.807, 2.05) is 0 Å². The van der Waals surface area contributed by atoms with Gasteiger partial charge in [0, 0.05) is 5.90 Å². The van der Waals surface area contributed by atoms with E-state index in [0.29, 0.717) is 0 Å². The van der Waals surface area contributed by atoms with E-state index in [1.54, 1.807) is 0 Å². The van der Waals surface area contributed by atoms with Gasteiger partial charge in [0.15, 0.2) is 0 Å². The van der Waals surface area contributed by atoms with E-state index in [2.05, 4.69) is 0 Å². The van der Waals surface area contributed by atoms with Gasteiger partial charge in [0.25, 0.3) is 0 Å². The molecule has 12 heavy (non-hydrogen) atoms. The quantitative estimate of drug-likeness (QED) is 0.361. The van der Waals surface area contributed by atoms with Crippen LogP contribution in [0.25, 0.3) is 0 Å². The first-order valence-corrected chi connectivity index (χ1v) is 5.18. The molecule has 0 saturated carbocycles. The van der Waals surface area contributed by atoms with E-state index < -0.39 is 21.1 Å². The molecule has 0 aromatic heterocycles. The van der Waals surface area contributed by atoms with E-state index in [1.165, 1.54) is 0 Å². The third kappa shape index (κ3) is 22.4. The topological polar surface area (TPSA) is 192 Å². The minimum absolute atomic E-state index is 0. The molecule has 11 heteroatoms. The Bertz CT molecular complexity index is 157. The summed E-state index contributed by atoms with van der Waals surface area (Å²) in [5, 5.41) is 0. The maximum Gasteiger partial charge on any atom is 4.00 e. The van der Waals surface area contributed by atoms with Crippen LogP contribution in [0.15, 0.2) is 0 Å². The standard InChI is InChI=1S/CH6O6P2.2H2O.Tc/c2-8(3,4)1-9(5,6)7;;;/h1H2,(H2,2,3,4)(H2,5,6,7);2*1H2;/q;;;+4/p-2/i;;;1+1. The Morgan fingerprint density at radius 3 is 1.00 bits per heavy atom. The van der Waals surface area contributed by atoms with Gasteiger partial charge in [-0.3, -0.25) is 0 Å². The van der Waals surface area contributed by atoms with Crippen LogP contribution in [0.1, 0.15) is 0 Å². The van der Waals surface area contributed by atoms with Gasteiger partial charge in [-0.05, 0) is 0 Å². The molecule has 0 aliphatic heterocycles. The molecule has 1 radical (unpaired) electrons. The first-order valence-electron chi connectivity index (χ1n) is 1.73. The summed E-state index contributed by atoms with van der Waals surface area (Å²) >= 11 is 0. The molecule has 0 atom stereocenters. The van der Waals surface area contributed by atoms with Crippen molar-refractivity contribution in [1.82, 2.24) is 0 Å². The van der Waals surface area contributed by atoms with Gasteiger partial charge in [-0.25, -0.2) is 0 Å². The minimum atomic E-state index is -5.18. The van der Waals surface area contributed by atoms with Gasteiger partial charge in [0.05, 0.1) is 0 Å². The van der Waals surface area contributed by atoms with Gasteiger partial charge in [-0.15, -0.1) is 0 Å². The molecule has 0 bridgehead atoms. The number of rotatable bonds is 2. The zero-order valence-electron chi connectivity index (χ0n) is 5.58. The predicted octanol–water partition coefficient (Wildman–Crippen LogP) is -5.07. The summed E-state index contributed by atoms with van der Waals surface area (Å²) in [6, 6.07) is 0. The first kappa shape index (κ1) is 23.0. The fourth-order valence-corrected chi connectivity index (χ4v) is 1.91. The maximum atomic E-state index is 9.55. The summed E-state index contributed by atoms with van der Waals surface area (Å²) in [5.74, 6) is -1.82. The van der Waals surface area contributed by atoms with Gasteiger partial charge < -0.3 is 39.7 Å². The molecule has 8 nitrogen and oxygen atoms in total. The van der Waals surface area contributed by atoms with Crippen LogP contribution >= 0.6 is 15.2 Å². The summed E-state index contributed by atoms with van der Waals surface area (Å²) in [7, 11) is -10.4. The molecule has 0 fully saturated rings. The van der Waals surface area contributed by atoms with Gasteiger partial charge in [0.1, 0.15) is 0 Å². The van der Waals surface area contributed by atoms with Crippen LogP contribution in [0.4, 0.5) is 0 Å². The normalized spacial score (nSPS) is 10.3. The molecule has 0 unspecified atom stereocenters. The Balaban J connectivity index is -0.000000107. The van der Waals surface area contributed by atoms with Gasteiger partial charge in [-0.2, -0.15) is 0 Å². The van der Waals surface area contributed by atoms with Crippen molar-refractivity contribution >= 4 is 15.2 Å². The van der Waals surface area contributed by atoms with Crippen LogP contribution in [0.2, 0.25) is 0 Å². The van der Waals surface area contributed by atoms with Crippen LogP contribution < -0.4 is 19.6 Å². The fourth-order valence-electron chi connectivity index (χ4n) is 0.212. The van der Waals surface area contributed by atoms with Crippen molar-refractivity contribution in [2.24, 2.45) is 0 Å². The molecular weight excluding hydrogens is 301 g/mol. The van der Waals surface area contributed by atoms with Crippen LogP contribution in [0, 0.1) is 0 Å². The second-order valence-corrected chi connectivity index (χ2v) is 4.94. The van der Waals surface area contributed by atoms with Crippen molar-refractivity contribution in [1.29, 1.82) is 0 Å². The maximum absolute atomic E-state index is 9.55. The summed E-state index contributed by atoms with van der Waals surface area (Å²) in [5.41, 5.74) is 0. The molecule has 0 aliphatic rings. The molecule has 0 aromatic carbocycles. The SMILES string of the molecule is O=P([O-])([O-])CP(=O)([O-])[O-].[99Tc+4].[OH3+].[OH3+]. The Hall–Kier alpha value is 0.869. The molecule has 0 spiro atoms. The van der Waals surface area contributed by atoms with Crippen LogP contribution in [-0.4, -0.2) is 5.90 Å². The smallest absolute Gasteiger partial charge is 0.810 e. The molecule has 75 valence electrons. The third-order valence-corrected chi connectivity index (χ3v) is 3.12. The van der Waals surface area contributed by atoms with Crippen molar-refractivity contribution < 1.29 is 59.8 Å². The molecule has 6 N–H and O–H groups in total. The first-order chi connectivity index (χ1) is 3.71. The largest absolute Gasteiger partial charge is 4.00 e. The van der Waals surface area contributed by atoms with Crippen LogP contribution in [-0.2, 0) is 40.2 Å². The number of hydrogen-bond donors (Lipinski definition) is 0. The Morgan fingerprint density at radius 1 is 0.833 bits per heavy atom. The minimum Gasteiger partial charge on any atom is -0.810 e. The summed E-state index contributed by atoms with van der Waals surface area (Å²) in [4.78, 5) is 38.2. The second kappa shape index (κ2) is 7.29. The van der Waals surface area contributed by atoms with Crippen molar-refractivity contribution in [3.05, 3.63) is 0 Å².